The van der Waals surface area contributed by atoms with Crippen molar-refractivity contribution in [1.29, 1.82) is 0 Å². The summed E-state index contributed by atoms with van der Waals surface area (Å²) in [5.41, 5.74) is 0. The highest BCUT2D eigenvalue weighted by Crippen LogP contribution is 2.16. The topological polar surface area (TPSA) is 63.2 Å². The molecule has 0 saturated heterocycles. The summed E-state index contributed by atoms with van der Waals surface area (Å²) in [6.07, 6.45) is -0.00712. The Labute approximate surface area is 145 Å². The summed E-state index contributed by atoms with van der Waals surface area (Å²) in [5, 5.41) is 4.81. The minimum atomic E-state index is -3.38. The van der Waals surface area contributed by atoms with Gasteiger partial charge in [0.2, 0.25) is 5.91 Å². The SMILES string of the molecule is O=C(CCS(=O)(=O)c1ccccc1)NCCSCc1cccs1. The van der Waals surface area contributed by atoms with E-state index >= 15 is 0 Å². The maximum Gasteiger partial charge on any atom is 0.221 e. The van der Waals surface area contributed by atoms with Crippen LogP contribution in [0.5, 0.6) is 0 Å². The molecule has 0 aliphatic heterocycles. The van der Waals surface area contributed by atoms with Crippen LogP contribution >= 0.6 is 23.1 Å². The van der Waals surface area contributed by atoms with Gasteiger partial charge in [-0.3, -0.25) is 4.79 Å². The molecule has 0 bridgehead atoms. The van der Waals surface area contributed by atoms with Gasteiger partial charge in [0.05, 0.1) is 10.6 Å². The number of rotatable bonds is 9. The molecule has 0 spiro atoms. The number of hydrogen-bond acceptors (Lipinski definition) is 5. The summed E-state index contributed by atoms with van der Waals surface area (Å²) in [7, 11) is -3.38. The minimum absolute atomic E-state index is 0.00712. The summed E-state index contributed by atoms with van der Waals surface area (Å²) in [4.78, 5) is 13.3. The lowest BCUT2D eigenvalue weighted by atomic mass is 10.4. The number of amides is 1. The molecule has 0 atom stereocenters. The van der Waals surface area contributed by atoms with E-state index in [-0.39, 0.29) is 23.0 Å². The van der Waals surface area contributed by atoms with Crippen molar-refractivity contribution in [1.82, 2.24) is 5.32 Å². The van der Waals surface area contributed by atoms with Crippen LogP contribution in [0.3, 0.4) is 0 Å². The monoisotopic (exact) mass is 369 g/mol. The Morgan fingerprint density at radius 3 is 2.61 bits per heavy atom. The third kappa shape index (κ3) is 6.37. The summed E-state index contributed by atoms with van der Waals surface area (Å²) in [6.45, 7) is 0.556. The molecule has 23 heavy (non-hydrogen) atoms. The summed E-state index contributed by atoms with van der Waals surface area (Å²) >= 11 is 3.47. The van der Waals surface area contributed by atoms with Gasteiger partial charge in [-0.15, -0.1) is 11.3 Å². The van der Waals surface area contributed by atoms with E-state index in [9.17, 15) is 13.2 Å². The van der Waals surface area contributed by atoms with Gasteiger partial charge < -0.3 is 5.32 Å². The number of thiophene rings is 1. The Morgan fingerprint density at radius 2 is 1.91 bits per heavy atom. The Bertz CT molecular complexity index is 697. The standard InChI is InChI=1S/C16H19NO3S3/c18-16(17-9-11-21-13-14-5-4-10-22-14)8-12-23(19,20)15-6-2-1-3-7-15/h1-7,10H,8-9,11-13H2,(H,17,18). The van der Waals surface area contributed by atoms with Crippen molar-refractivity contribution < 1.29 is 13.2 Å². The van der Waals surface area contributed by atoms with Crippen molar-refractivity contribution in [3.63, 3.8) is 0 Å². The second-order valence-electron chi connectivity index (χ2n) is 4.86. The molecule has 0 saturated carbocycles. The van der Waals surface area contributed by atoms with Crippen LogP contribution in [0, 0.1) is 0 Å². The first kappa shape index (κ1) is 18.0. The number of sulfone groups is 1. The van der Waals surface area contributed by atoms with Gasteiger partial charge in [0, 0.05) is 29.3 Å². The maximum absolute atomic E-state index is 12.1. The highest BCUT2D eigenvalue weighted by Gasteiger charge is 2.15. The first-order valence-electron chi connectivity index (χ1n) is 7.22. The molecule has 0 aliphatic carbocycles. The van der Waals surface area contributed by atoms with Crippen LogP contribution < -0.4 is 5.32 Å². The normalized spacial score (nSPS) is 11.3. The van der Waals surface area contributed by atoms with Crippen LogP contribution in [0.4, 0.5) is 0 Å². The van der Waals surface area contributed by atoms with Gasteiger partial charge in [-0.1, -0.05) is 24.3 Å². The first-order valence-corrected chi connectivity index (χ1v) is 10.9. The Morgan fingerprint density at radius 1 is 1.13 bits per heavy atom. The van der Waals surface area contributed by atoms with E-state index in [1.807, 2.05) is 11.4 Å². The lowest BCUT2D eigenvalue weighted by Crippen LogP contribution is -2.27. The van der Waals surface area contributed by atoms with Crippen molar-refractivity contribution in [3.05, 3.63) is 52.7 Å². The molecule has 0 unspecified atom stereocenters. The fourth-order valence-electron chi connectivity index (χ4n) is 1.89. The zero-order valence-corrected chi connectivity index (χ0v) is 15.1. The molecule has 1 heterocycles. The molecule has 1 N–H and O–H groups in total. The van der Waals surface area contributed by atoms with Gasteiger partial charge in [-0.25, -0.2) is 8.42 Å². The number of carbonyl (C=O) groups is 1. The Balaban J connectivity index is 1.63. The Hall–Kier alpha value is -1.31. The largest absolute Gasteiger partial charge is 0.355 e. The second-order valence-corrected chi connectivity index (χ2v) is 9.11. The number of nitrogens with one attached hydrogen (secondary N) is 1. The average molecular weight is 370 g/mol. The highest BCUT2D eigenvalue weighted by molar-refractivity contribution is 7.98. The molecule has 2 aromatic rings. The molecule has 0 radical (unpaired) electrons. The number of thioether (sulfide) groups is 1. The van der Waals surface area contributed by atoms with Crippen LogP contribution in [0.25, 0.3) is 0 Å². The number of benzene rings is 1. The van der Waals surface area contributed by atoms with Crippen LogP contribution in [-0.4, -0.2) is 32.4 Å². The second kappa shape index (κ2) is 9.10. The molecular weight excluding hydrogens is 350 g/mol. The van der Waals surface area contributed by atoms with Gasteiger partial charge in [0.1, 0.15) is 0 Å². The smallest absolute Gasteiger partial charge is 0.221 e. The molecule has 7 heteroatoms. The van der Waals surface area contributed by atoms with Gasteiger partial charge in [0.15, 0.2) is 9.84 Å². The van der Waals surface area contributed by atoms with Gasteiger partial charge in [-0.05, 0) is 23.6 Å². The van der Waals surface area contributed by atoms with E-state index in [0.29, 0.717) is 6.54 Å². The molecule has 4 nitrogen and oxygen atoms in total. The number of hydrogen-bond donors (Lipinski definition) is 1. The van der Waals surface area contributed by atoms with Gasteiger partial charge in [0.25, 0.3) is 0 Å². The lowest BCUT2D eigenvalue weighted by molar-refractivity contribution is -0.120. The van der Waals surface area contributed by atoms with E-state index in [0.717, 1.165) is 11.5 Å². The zero-order chi connectivity index (χ0) is 16.5. The van der Waals surface area contributed by atoms with E-state index in [4.69, 9.17) is 0 Å². The summed E-state index contributed by atoms with van der Waals surface area (Å²) < 4.78 is 24.1. The van der Waals surface area contributed by atoms with E-state index in [1.165, 1.54) is 4.88 Å². The molecule has 0 fully saturated rings. The van der Waals surface area contributed by atoms with Crippen LogP contribution in [-0.2, 0) is 20.4 Å². The molecule has 2 rings (SSSR count). The third-order valence-electron chi connectivity index (χ3n) is 3.09. The van der Waals surface area contributed by atoms with Crippen LogP contribution in [0.2, 0.25) is 0 Å². The molecule has 0 aliphatic rings. The zero-order valence-electron chi connectivity index (χ0n) is 12.6. The van der Waals surface area contributed by atoms with Crippen molar-refractivity contribution in [2.24, 2.45) is 0 Å². The number of carbonyl (C=O) groups excluding carboxylic acids is 1. The molecular formula is C16H19NO3S3. The van der Waals surface area contributed by atoms with E-state index in [1.54, 1.807) is 53.4 Å². The summed E-state index contributed by atoms with van der Waals surface area (Å²) in [6, 6.07) is 12.3. The quantitative estimate of drug-likeness (QED) is 0.690. The summed E-state index contributed by atoms with van der Waals surface area (Å²) in [5.74, 6) is 1.37. The highest BCUT2D eigenvalue weighted by atomic mass is 32.2. The van der Waals surface area contributed by atoms with Crippen LogP contribution in [0.1, 0.15) is 11.3 Å². The third-order valence-corrected chi connectivity index (χ3v) is 6.89. The van der Waals surface area contributed by atoms with Gasteiger partial charge in [-0.2, -0.15) is 11.8 Å². The van der Waals surface area contributed by atoms with E-state index < -0.39 is 9.84 Å². The molecule has 1 amide bonds. The van der Waals surface area contributed by atoms with Crippen molar-refractivity contribution in [2.75, 3.05) is 18.1 Å². The van der Waals surface area contributed by atoms with Gasteiger partial charge >= 0.3 is 0 Å². The average Bonchev–Trinajstić information content (AvgIpc) is 3.07. The van der Waals surface area contributed by atoms with Crippen molar-refractivity contribution in [2.45, 2.75) is 17.1 Å². The van der Waals surface area contributed by atoms with Crippen molar-refractivity contribution in [3.8, 4) is 0 Å². The first-order chi connectivity index (χ1) is 11.1. The Kier molecular flexibility index (Phi) is 7.14. The van der Waals surface area contributed by atoms with E-state index in [2.05, 4.69) is 11.4 Å². The van der Waals surface area contributed by atoms with Crippen LogP contribution in [0.15, 0.2) is 52.7 Å². The predicted molar refractivity (Wildman–Crippen MR) is 96.6 cm³/mol. The maximum atomic E-state index is 12.1. The molecule has 124 valence electrons. The fourth-order valence-corrected chi connectivity index (χ4v) is 4.85. The van der Waals surface area contributed by atoms with Crippen molar-refractivity contribution >= 4 is 38.8 Å². The minimum Gasteiger partial charge on any atom is -0.355 e. The lowest BCUT2D eigenvalue weighted by Gasteiger charge is -2.06. The predicted octanol–water partition coefficient (Wildman–Crippen LogP) is 2.96. The molecule has 1 aromatic heterocycles. The molecule has 1 aromatic carbocycles. The fraction of sp³-hybridized carbons (Fsp3) is 0.312.